The summed E-state index contributed by atoms with van der Waals surface area (Å²) in [6, 6.07) is 2.15. The minimum Gasteiger partial charge on any atom is -0.481 e. The fourth-order valence-corrected chi connectivity index (χ4v) is 2.65. The first kappa shape index (κ1) is 15.9. The van der Waals surface area contributed by atoms with E-state index in [1.165, 1.54) is 17.0 Å². The molecular formula is C13H13Cl2FN2O3. The molecule has 1 heterocycles. The number of carboxylic acid groups (broad SMARTS) is 1. The van der Waals surface area contributed by atoms with E-state index in [9.17, 15) is 14.0 Å². The van der Waals surface area contributed by atoms with Crippen molar-refractivity contribution in [3.05, 3.63) is 28.0 Å². The Hall–Kier alpha value is -1.53. The third-order valence-corrected chi connectivity index (χ3v) is 3.92. The maximum absolute atomic E-state index is 13.3. The second-order valence-electron chi connectivity index (χ2n) is 4.78. The van der Waals surface area contributed by atoms with Crippen molar-refractivity contribution in [1.82, 2.24) is 4.90 Å². The molecule has 2 rings (SSSR count). The predicted octanol–water partition coefficient (Wildman–Crippen LogP) is 3.46. The maximum atomic E-state index is 13.3. The van der Waals surface area contributed by atoms with Crippen LogP contribution in [0.25, 0.3) is 0 Å². The minimum atomic E-state index is -0.841. The number of benzene rings is 1. The molecule has 1 aliphatic heterocycles. The normalized spacial score (nSPS) is 15.9. The number of amides is 2. The highest BCUT2D eigenvalue weighted by Gasteiger charge is 2.27. The van der Waals surface area contributed by atoms with Crippen molar-refractivity contribution < 1.29 is 19.1 Å². The lowest BCUT2D eigenvalue weighted by Crippen LogP contribution is -2.42. The molecule has 0 aliphatic carbocycles. The maximum Gasteiger partial charge on any atom is 0.321 e. The summed E-state index contributed by atoms with van der Waals surface area (Å²) in [6.45, 7) is 0.705. The fraction of sp³-hybridized carbons (Fsp3) is 0.385. The molecular weight excluding hydrogens is 322 g/mol. The molecule has 0 unspecified atom stereocenters. The Morgan fingerprint density at radius 1 is 1.24 bits per heavy atom. The molecule has 5 nitrogen and oxygen atoms in total. The molecule has 21 heavy (non-hydrogen) atoms. The van der Waals surface area contributed by atoms with Crippen LogP contribution >= 0.6 is 23.2 Å². The molecule has 1 aliphatic rings. The zero-order valence-corrected chi connectivity index (χ0v) is 12.4. The first-order valence-corrected chi connectivity index (χ1v) is 7.07. The second-order valence-corrected chi connectivity index (χ2v) is 5.60. The van der Waals surface area contributed by atoms with Crippen LogP contribution in [-0.4, -0.2) is 35.1 Å². The Balaban J connectivity index is 1.98. The van der Waals surface area contributed by atoms with Gasteiger partial charge >= 0.3 is 12.0 Å². The number of likely N-dealkylation sites (tertiary alicyclic amines) is 1. The topological polar surface area (TPSA) is 69.6 Å². The van der Waals surface area contributed by atoms with E-state index in [1.54, 1.807) is 0 Å². The van der Waals surface area contributed by atoms with Gasteiger partial charge in [-0.2, -0.15) is 0 Å². The van der Waals surface area contributed by atoms with E-state index in [4.69, 9.17) is 28.3 Å². The Bertz CT molecular complexity index is 552. The van der Waals surface area contributed by atoms with Crippen molar-refractivity contribution in [2.45, 2.75) is 12.8 Å². The number of hydrogen-bond acceptors (Lipinski definition) is 2. The zero-order valence-electron chi connectivity index (χ0n) is 10.9. The van der Waals surface area contributed by atoms with E-state index in [0.29, 0.717) is 25.9 Å². The van der Waals surface area contributed by atoms with Crippen molar-refractivity contribution in [2.75, 3.05) is 18.4 Å². The van der Waals surface area contributed by atoms with Crippen molar-refractivity contribution in [3.63, 3.8) is 0 Å². The van der Waals surface area contributed by atoms with Gasteiger partial charge in [0.25, 0.3) is 0 Å². The van der Waals surface area contributed by atoms with Crippen LogP contribution in [0, 0.1) is 11.7 Å². The van der Waals surface area contributed by atoms with Gasteiger partial charge in [-0.05, 0) is 25.0 Å². The van der Waals surface area contributed by atoms with Crippen molar-refractivity contribution in [1.29, 1.82) is 0 Å². The molecule has 0 spiro atoms. The number of urea groups is 1. The van der Waals surface area contributed by atoms with Crippen LogP contribution in [0.4, 0.5) is 14.9 Å². The number of nitrogens with one attached hydrogen (secondary N) is 1. The lowest BCUT2D eigenvalue weighted by molar-refractivity contribution is -0.143. The Morgan fingerprint density at radius 2 is 1.76 bits per heavy atom. The summed E-state index contributed by atoms with van der Waals surface area (Å²) >= 11 is 11.3. The Labute approximate surface area is 130 Å². The molecule has 1 fully saturated rings. The molecule has 0 saturated carbocycles. The average Bonchev–Trinajstić information content (AvgIpc) is 2.44. The van der Waals surface area contributed by atoms with Gasteiger partial charge in [0, 0.05) is 18.8 Å². The Morgan fingerprint density at radius 3 is 2.24 bits per heavy atom. The quantitative estimate of drug-likeness (QED) is 0.813. The molecule has 2 N–H and O–H groups in total. The van der Waals surface area contributed by atoms with Crippen LogP contribution in [0.1, 0.15) is 12.8 Å². The van der Waals surface area contributed by atoms with E-state index < -0.39 is 23.7 Å². The SMILES string of the molecule is O=C(O)C1CCN(C(=O)Nc2cc(Cl)c(F)c(Cl)c2)CC1. The highest BCUT2D eigenvalue weighted by atomic mass is 35.5. The molecule has 0 aromatic heterocycles. The molecule has 8 heteroatoms. The smallest absolute Gasteiger partial charge is 0.321 e. The first-order valence-electron chi connectivity index (χ1n) is 6.31. The molecule has 114 valence electrons. The van der Waals surface area contributed by atoms with Crippen LogP contribution < -0.4 is 5.32 Å². The molecule has 1 aromatic carbocycles. The third kappa shape index (κ3) is 3.77. The lowest BCUT2D eigenvalue weighted by Gasteiger charge is -2.30. The number of carbonyl (C=O) groups is 2. The van der Waals surface area contributed by atoms with Gasteiger partial charge < -0.3 is 15.3 Å². The van der Waals surface area contributed by atoms with Crippen LogP contribution in [0.2, 0.25) is 10.0 Å². The monoisotopic (exact) mass is 334 g/mol. The third-order valence-electron chi connectivity index (χ3n) is 3.37. The number of aliphatic carboxylic acids is 1. The minimum absolute atomic E-state index is 0.178. The number of rotatable bonds is 2. The van der Waals surface area contributed by atoms with Gasteiger partial charge in [0.05, 0.1) is 16.0 Å². The van der Waals surface area contributed by atoms with Crippen LogP contribution in [-0.2, 0) is 4.79 Å². The highest BCUT2D eigenvalue weighted by molar-refractivity contribution is 6.35. The van der Waals surface area contributed by atoms with E-state index >= 15 is 0 Å². The summed E-state index contributed by atoms with van der Waals surface area (Å²) in [7, 11) is 0. The number of nitrogens with zero attached hydrogens (tertiary/aromatic N) is 1. The summed E-state index contributed by atoms with van der Waals surface area (Å²) in [5, 5.41) is 11.1. The van der Waals surface area contributed by atoms with Gasteiger partial charge in [-0.15, -0.1) is 0 Å². The van der Waals surface area contributed by atoms with Gasteiger partial charge in [0.1, 0.15) is 0 Å². The van der Waals surface area contributed by atoms with Gasteiger partial charge in [-0.3, -0.25) is 4.79 Å². The van der Waals surface area contributed by atoms with E-state index in [-0.39, 0.29) is 15.7 Å². The molecule has 1 aromatic rings. The van der Waals surface area contributed by atoms with E-state index in [0.717, 1.165) is 0 Å². The van der Waals surface area contributed by atoms with Crippen molar-refractivity contribution >= 4 is 40.9 Å². The van der Waals surface area contributed by atoms with Gasteiger partial charge in [0.15, 0.2) is 5.82 Å². The molecule has 0 radical (unpaired) electrons. The number of halogens is 3. The van der Waals surface area contributed by atoms with Crippen LogP contribution in [0.3, 0.4) is 0 Å². The average molecular weight is 335 g/mol. The molecule has 1 saturated heterocycles. The molecule has 2 amide bonds. The van der Waals surface area contributed by atoms with Gasteiger partial charge in [-0.25, -0.2) is 9.18 Å². The Kier molecular flexibility index (Phi) is 4.90. The number of piperidine rings is 1. The standard InChI is InChI=1S/C13H13Cl2FN2O3/c14-9-5-8(6-10(15)11(9)16)17-13(21)18-3-1-7(2-4-18)12(19)20/h5-7H,1-4H2,(H,17,21)(H,19,20). The number of hydrogen-bond donors (Lipinski definition) is 2. The number of anilines is 1. The summed E-state index contributed by atoms with van der Waals surface area (Å²) in [5.74, 6) is -1.99. The summed E-state index contributed by atoms with van der Waals surface area (Å²) in [6.07, 6.45) is 0.821. The zero-order chi connectivity index (χ0) is 15.6. The number of carboxylic acids is 1. The largest absolute Gasteiger partial charge is 0.481 e. The first-order chi connectivity index (χ1) is 9.88. The highest BCUT2D eigenvalue weighted by Crippen LogP contribution is 2.27. The fourth-order valence-electron chi connectivity index (χ4n) is 2.16. The van der Waals surface area contributed by atoms with Crippen LogP contribution in [0.15, 0.2) is 12.1 Å². The lowest BCUT2D eigenvalue weighted by atomic mass is 9.97. The van der Waals surface area contributed by atoms with Crippen molar-refractivity contribution in [3.8, 4) is 0 Å². The van der Waals surface area contributed by atoms with Crippen molar-refractivity contribution in [2.24, 2.45) is 5.92 Å². The van der Waals surface area contributed by atoms with Crippen LogP contribution in [0.5, 0.6) is 0 Å². The number of carbonyl (C=O) groups excluding carboxylic acids is 1. The molecule has 0 bridgehead atoms. The summed E-state index contributed by atoms with van der Waals surface area (Å²) in [5.41, 5.74) is 0.289. The predicted molar refractivity (Wildman–Crippen MR) is 77.4 cm³/mol. The van der Waals surface area contributed by atoms with Gasteiger partial charge in [-0.1, -0.05) is 23.2 Å². The molecule has 0 atom stereocenters. The summed E-state index contributed by atoms with van der Waals surface area (Å²) < 4.78 is 13.3. The van der Waals surface area contributed by atoms with E-state index in [1.807, 2.05) is 0 Å². The summed E-state index contributed by atoms with van der Waals surface area (Å²) in [4.78, 5) is 24.4. The second kappa shape index (κ2) is 6.49. The van der Waals surface area contributed by atoms with Gasteiger partial charge in [0.2, 0.25) is 0 Å². The van der Waals surface area contributed by atoms with E-state index in [2.05, 4.69) is 5.32 Å².